The third kappa shape index (κ3) is 5.04. The molecule has 19 heavy (non-hydrogen) atoms. The van der Waals surface area contributed by atoms with Gasteiger partial charge in [-0.2, -0.15) is 0 Å². The van der Waals surface area contributed by atoms with Gasteiger partial charge in [0.05, 0.1) is 18.2 Å². The number of rotatable bonds is 7. The number of carbonyl (C=O) groups excluding carboxylic acids is 1. The first-order valence-electron chi connectivity index (χ1n) is 7.07. The molecule has 5 nitrogen and oxygen atoms in total. The van der Waals surface area contributed by atoms with Gasteiger partial charge in [0.25, 0.3) is 0 Å². The Labute approximate surface area is 119 Å². The zero-order valence-electron chi connectivity index (χ0n) is 11.3. The fourth-order valence-electron chi connectivity index (χ4n) is 2.29. The summed E-state index contributed by atoms with van der Waals surface area (Å²) in [6.45, 7) is 2.96. The van der Waals surface area contributed by atoms with Crippen molar-refractivity contribution in [1.82, 2.24) is 10.2 Å². The number of carbonyl (C=O) groups is 1. The quantitative estimate of drug-likeness (QED) is 0.524. The molecule has 1 atom stereocenters. The monoisotopic (exact) mass is 285 g/mol. The highest BCUT2D eigenvalue weighted by atomic mass is 32.1. The van der Waals surface area contributed by atoms with Crippen LogP contribution in [0.3, 0.4) is 0 Å². The Morgan fingerprint density at radius 3 is 2.89 bits per heavy atom. The van der Waals surface area contributed by atoms with Crippen molar-refractivity contribution in [2.75, 3.05) is 26.3 Å². The topological polar surface area (TPSA) is 67.6 Å². The van der Waals surface area contributed by atoms with Crippen molar-refractivity contribution in [1.29, 1.82) is 0 Å². The van der Waals surface area contributed by atoms with Gasteiger partial charge in [-0.05, 0) is 38.6 Å². The first-order valence-corrected chi connectivity index (χ1v) is 7.48. The molecule has 1 heterocycles. The lowest BCUT2D eigenvalue weighted by Crippen LogP contribution is -2.54. The van der Waals surface area contributed by atoms with Crippen LogP contribution in [0.25, 0.3) is 0 Å². The van der Waals surface area contributed by atoms with E-state index >= 15 is 0 Å². The molecular weight excluding hydrogens is 262 g/mol. The Kier molecular flexibility index (Phi) is 5.54. The lowest BCUT2D eigenvalue weighted by atomic mass is 10.1. The predicted octanol–water partition coefficient (Wildman–Crippen LogP) is 0.422. The third-order valence-corrected chi connectivity index (χ3v) is 3.79. The molecule has 1 aliphatic heterocycles. The summed E-state index contributed by atoms with van der Waals surface area (Å²) in [6, 6.07) is 0.282. The van der Waals surface area contributed by atoms with E-state index < -0.39 is 0 Å². The normalized spacial score (nSPS) is 24.1. The molecule has 0 spiro atoms. The molecule has 1 saturated carbocycles. The SMILES string of the molecule is NC(=S)CCCCN1CCOCC1C(=O)NC1CC1. The number of nitrogens with one attached hydrogen (secondary N) is 1. The number of ether oxygens (including phenoxy) is 1. The van der Waals surface area contributed by atoms with Crippen LogP contribution in [-0.4, -0.2) is 54.2 Å². The molecule has 0 aromatic heterocycles. The van der Waals surface area contributed by atoms with E-state index in [-0.39, 0.29) is 11.9 Å². The molecule has 2 fully saturated rings. The number of hydrogen-bond donors (Lipinski definition) is 2. The molecule has 0 radical (unpaired) electrons. The minimum absolute atomic E-state index is 0.122. The molecule has 0 aromatic carbocycles. The van der Waals surface area contributed by atoms with E-state index in [0.717, 1.165) is 45.2 Å². The van der Waals surface area contributed by atoms with Gasteiger partial charge in [0, 0.05) is 12.6 Å². The standard InChI is InChI=1S/C13H23N3O2S/c14-12(19)3-1-2-6-16-7-8-18-9-11(16)13(17)15-10-4-5-10/h10-11H,1-9H2,(H2,14,19)(H,15,17). The average Bonchev–Trinajstić information content (AvgIpc) is 3.19. The summed E-state index contributed by atoms with van der Waals surface area (Å²) in [4.78, 5) is 14.9. The second-order valence-corrected chi connectivity index (χ2v) is 5.86. The van der Waals surface area contributed by atoms with Crippen LogP contribution in [0.15, 0.2) is 0 Å². The molecule has 1 amide bonds. The molecule has 108 valence electrons. The van der Waals surface area contributed by atoms with Gasteiger partial charge in [0.15, 0.2) is 0 Å². The lowest BCUT2D eigenvalue weighted by Gasteiger charge is -2.34. The van der Waals surface area contributed by atoms with Gasteiger partial charge in [-0.3, -0.25) is 9.69 Å². The van der Waals surface area contributed by atoms with Crippen LogP contribution in [0.4, 0.5) is 0 Å². The van der Waals surface area contributed by atoms with Crippen molar-refractivity contribution in [3.63, 3.8) is 0 Å². The smallest absolute Gasteiger partial charge is 0.239 e. The van der Waals surface area contributed by atoms with E-state index in [2.05, 4.69) is 10.2 Å². The maximum atomic E-state index is 12.1. The Hall–Kier alpha value is -0.720. The van der Waals surface area contributed by atoms with E-state index in [9.17, 15) is 4.79 Å². The second-order valence-electron chi connectivity index (χ2n) is 5.33. The highest BCUT2D eigenvalue weighted by molar-refractivity contribution is 7.80. The zero-order valence-corrected chi connectivity index (χ0v) is 12.1. The molecule has 1 saturated heterocycles. The van der Waals surface area contributed by atoms with Crippen LogP contribution in [0, 0.1) is 0 Å². The fourth-order valence-corrected chi connectivity index (χ4v) is 2.43. The summed E-state index contributed by atoms with van der Waals surface area (Å²) >= 11 is 4.86. The van der Waals surface area contributed by atoms with Crippen LogP contribution in [0.2, 0.25) is 0 Å². The van der Waals surface area contributed by atoms with Crippen LogP contribution in [0.1, 0.15) is 32.1 Å². The van der Waals surface area contributed by atoms with Gasteiger partial charge >= 0.3 is 0 Å². The first kappa shape index (κ1) is 14.7. The number of thiocarbonyl (C=S) groups is 1. The van der Waals surface area contributed by atoms with Crippen molar-refractivity contribution < 1.29 is 9.53 Å². The van der Waals surface area contributed by atoms with Crippen LogP contribution < -0.4 is 11.1 Å². The number of unbranched alkanes of at least 4 members (excludes halogenated alkanes) is 1. The molecule has 3 N–H and O–H groups in total. The third-order valence-electron chi connectivity index (χ3n) is 3.58. The highest BCUT2D eigenvalue weighted by Crippen LogP contribution is 2.19. The molecule has 1 aliphatic carbocycles. The number of nitrogens with zero attached hydrogens (tertiary/aromatic N) is 1. The van der Waals surface area contributed by atoms with Crippen LogP contribution >= 0.6 is 12.2 Å². The Morgan fingerprint density at radius 2 is 2.21 bits per heavy atom. The van der Waals surface area contributed by atoms with Crippen LogP contribution in [0.5, 0.6) is 0 Å². The summed E-state index contributed by atoms with van der Waals surface area (Å²) < 4.78 is 5.44. The van der Waals surface area contributed by atoms with Gasteiger partial charge in [0.1, 0.15) is 6.04 Å². The van der Waals surface area contributed by atoms with Gasteiger partial charge in [0.2, 0.25) is 5.91 Å². The zero-order chi connectivity index (χ0) is 13.7. The molecule has 0 bridgehead atoms. The molecule has 0 aromatic rings. The van der Waals surface area contributed by atoms with E-state index in [1.807, 2.05) is 0 Å². The van der Waals surface area contributed by atoms with Crippen molar-refractivity contribution in [3.8, 4) is 0 Å². The Balaban J connectivity index is 1.74. The highest BCUT2D eigenvalue weighted by Gasteiger charge is 2.32. The van der Waals surface area contributed by atoms with E-state index in [4.69, 9.17) is 22.7 Å². The number of amides is 1. The van der Waals surface area contributed by atoms with Gasteiger partial charge in [-0.15, -0.1) is 0 Å². The van der Waals surface area contributed by atoms with Crippen molar-refractivity contribution >= 4 is 23.1 Å². The van der Waals surface area contributed by atoms with Crippen molar-refractivity contribution in [3.05, 3.63) is 0 Å². The Morgan fingerprint density at radius 1 is 1.42 bits per heavy atom. The largest absolute Gasteiger partial charge is 0.393 e. The molecule has 2 aliphatic rings. The Bertz CT molecular complexity index is 334. The first-order chi connectivity index (χ1) is 9.16. The molecular formula is C13H23N3O2S. The number of nitrogens with two attached hydrogens (primary N) is 1. The maximum absolute atomic E-state index is 12.1. The number of morpholine rings is 1. The molecule has 1 unspecified atom stereocenters. The van der Waals surface area contributed by atoms with Gasteiger partial charge < -0.3 is 15.8 Å². The molecule has 2 rings (SSSR count). The maximum Gasteiger partial charge on any atom is 0.239 e. The van der Waals surface area contributed by atoms with Gasteiger partial charge in [-0.1, -0.05) is 12.2 Å². The predicted molar refractivity (Wildman–Crippen MR) is 78.0 cm³/mol. The van der Waals surface area contributed by atoms with E-state index in [1.165, 1.54) is 0 Å². The summed E-state index contributed by atoms with van der Waals surface area (Å²) in [5.74, 6) is 0.122. The number of hydrogen-bond acceptors (Lipinski definition) is 4. The summed E-state index contributed by atoms with van der Waals surface area (Å²) in [7, 11) is 0. The minimum atomic E-state index is -0.126. The van der Waals surface area contributed by atoms with E-state index in [0.29, 0.717) is 24.2 Å². The second kappa shape index (κ2) is 7.17. The molecule has 6 heteroatoms. The summed E-state index contributed by atoms with van der Waals surface area (Å²) in [5.41, 5.74) is 5.48. The van der Waals surface area contributed by atoms with Crippen molar-refractivity contribution in [2.45, 2.75) is 44.2 Å². The van der Waals surface area contributed by atoms with Crippen LogP contribution in [-0.2, 0) is 9.53 Å². The van der Waals surface area contributed by atoms with E-state index in [1.54, 1.807) is 0 Å². The van der Waals surface area contributed by atoms with Crippen molar-refractivity contribution in [2.24, 2.45) is 5.73 Å². The summed E-state index contributed by atoms with van der Waals surface area (Å²) in [6.07, 6.45) is 5.04. The summed E-state index contributed by atoms with van der Waals surface area (Å²) in [5, 5.41) is 3.06. The lowest BCUT2D eigenvalue weighted by molar-refractivity contribution is -0.132. The minimum Gasteiger partial charge on any atom is -0.393 e. The fraction of sp³-hybridized carbons (Fsp3) is 0.846. The average molecular weight is 285 g/mol. The van der Waals surface area contributed by atoms with Gasteiger partial charge in [-0.25, -0.2) is 0 Å².